The smallest absolute Gasteiger partial charge is 0.236 e. The number of carbonyl (C=O) groups excluding carboxylic acids is 2. The van der Waals surface area contributed by atoms with Crippen LogP contribution in [0.1, 0.15) is 36.7 Å². The Balaban J connectivity index is 2.64. The number of amides is 1. The lowest BCUT2D eigenvalue weighted by Crippen LogP contribution is -2.33. The van der Waals surface area contributed by atoms with E-state index in [1.54, 1.807) is 24.1 Å². The van der Waals surface area contributed by atoms with Crippen LogP contribution in [0.4, 0.5) is 5.69 Å². The second-order valence-corrected chi connectivity index (χ2v) is 4.95. The van der Waals surface area contributed by atoms with Crippen molar-refractivity contribution in [2.75, 3.05) is 18.6 Å². The molecule has 0 fully saturated rings. The van der Waals surface area contributed by atoms with Gasteiger partial charge in [0.05, 0.1) is 23.3 Å². The van der Waals surface area contributed by atoms with Gasteiger partial charge in [0.25, 0.3) is 0 Å². The van der Waals surface area contributed by atoms with E-state index in [4.69, 9.17) is 4.74 Å². The molecular formula is C14H17NO3. The molecule has 0 atom stereocenters. The highest BCUT2D eigenvalue weighted by Crippen LogP contribution is 2.43. The molecule has 0 saturated heterocycles. The Kier molecular flexibility index (Phi) is 2.89. The minimum atomic E-state index is -0.591. The van der Waals surface area contributed by atoms with Crippen LogP contribution in [0.15, 0.2) is 12.1 Å². The number of ether oxygens (including phenoxy) is 1. The van der Waals surface area contributed by atoms with Crippen molar-refractivity contribution in [3.05, 3.63) is 23.3 Å². The first-order chi connectivity index (χ1) is 8.43. The van der Waals surface area contributed by atoms with Crippen LogP contribution in [-0.4, -0.2) is 25.8 Å². The van der Waals surface area contributed by atoms with Crippen molar-refractivity contribution in [2.24, 2.45) is 0 Å². The number of fused-ring (bicyclic) bond motifs is 1. The SMILES string of the molecule is CCOc1cc2c(cc1C=O)C(C)(C)C(=O)N2C. The van der Waals surface area contributed by atoms with E-state index in [0.29, 0.717) is 17.9 Å². The molecule has 1 heterocycles. The van der Waals surface area contributed by atoms with Gasteiger partial charge in [-0.2, -0.15) is 0 Å². The zero-order valence-electron chi connectivity index (χ0n) is 11.1. The molecule has 1 aromatic carbocycles. The van der Waals surface area contributed by atoms with Crippen molar-refractivity contribution in [1.82, 2.24) is 0 Å². The zero-order chi connectivity index (χ0) is 13.5. The Hall–Kier alpha value is -1.84. The van der Waals surface area contributed by atoms with Crippen molar-refractivity contribution in [3.8, 4) is 5.75 Å². The normalized spacial score (nSPS) is 16.7. The van der Waals surface area contributed by atoms with Gasteiger partial charge in [-0.25, -0.2) is 0 Å². The average molecular weight is 247 g/mol. The first-order valence-corrected chi connectivity index (χ1v) is 5.98. The van der Waals surface area contributed by atoms with Gasteiger partial charge in [-0.15, -0.1) is 0 Å². The highest BCUT2D eigenvalue weighted by atomic mass is 16.5. The van der Waals surface area contributed by atoms with Crippen molar-refractivity contribution in [3.63, 3.8) is 0 Å². The lowest BCUT2D eigenvalue weighted by atomic mass is 9.85. The molecule has 0 aromatic heterocycles. The summed E-state index contributed by atoms with van der Waals surface area (Å²) in [5.41, 5.74) is 1.60. The summed E-state index contributed by atoms with van der Waals surface area (Å²) in [5, 5.41) is 0. The minimum Gasteiger partial charge on any atom is -0.493 e. The fourth-order valence-corrected chi connectivity index (χ4v) is 2.38. The van der Waals surface area contributed by atoms with Gasteiger partial charge in [-0.3, -0.25) is 9.59 Å². The van der Waals surface area contributed by atoms with E-state index < -0.39 is 5.41 Å². The Morgan fingerprint density at radius 2 is 2.06 bits per heavy atom. The number of hydrogen-bond donors (Lipinski definition) is 0. The van der Waals surface area contributed by atoms with E-state index in [2.05, 4.69) is 0 Å². The van der Waals surface area contributed by atoms with Crippen LogP contribution in [0.25, 0.3) is 0 Å². The summed E-state index contributed by atoms with van der Waals surface area (Å²) in [4.78, 5) is 24.9. The Morgan fingerprint density at radius 1 is 1.39 bits per heavy atom. The summed E-state index contributed by atoms with van der Waals surface area (Å²) in [5.74, 6) is 0.562. The van der Waals surface area contributed by atoms with E-state index in [1.165, 1.54) is 0 Å². The third-order valence-electron chi connectivity index (χ3n) is 3.43. The van der Waals surface area contributed by atoms with Crippen molar-refractivity contribution in [2.45, 2.75) is 26.2 Å². The molecule has 0 aliphatic carbocycles. The highest BCUT2D eigenvalue weighted by molar-refractivity contribution is 6.08. The van der Waals surface area contributed by atoms with Gasteiger partial charge in [0, 0.05) is 13.1 Å². The predicted octanol–water partition coefficient (Wildman–Crippen LogP) is 2.15. The third kappa shape index (κ3) is 1.60. The number of anilines is 1. The lowest BCUT2D eigenvalue weighted by molar-refractivity contribution is -0.121. The summed E-state index contributed by atoms with van der Waals surface area (Å²) in [6.07, 6.45) is 0.768. The molecule has 1 amide bonds. The Bertz CT molecular complexity index is 520. The fourth-order valence-electron chi connectivity index (χ4n) is 2.38. The Labute approximate surface area is 107 Å². The highest BCUT2D eigenvalue weighted by Gasteiger charge is 2.42. The maximum atomic E-state index is 12.1. The molecule has 0 radical (unpaired) electrons. The quantitative estimate of drug-likeness (QED) is 0.769. The van der Waals surface area contributed by atoms with Crippen LogP contribution in [0.5, 0.6) is 5.75 Å². The average Bonchev–Trinajstić information content (AvgIpc) is 2.51. The van der Waals surface area contributed by atoms with Crippen LogP contribution >= 0.6 is 0 Å². The zero-order valence-corrected chi connectivity index (χ0v) is 11.1. The second kappa shape index (κ2) is 4.12. The molecule has 0 saturated carbocycles. The molecular weight excluding hydrogens is 230 g/mol. The summed E-state index contributed by atoms with van der Waals surface area (Å²) in [6, 6.07) is 3.53. The van der Waals surface area contributed by atoms with Crippen molar-refractivity contribution >= 4 is 17.9 Å². The largest absolute Gasteiger partial charge is 0.493 e. The number of rotatable bonds is 3. The molecule has 0 N–H and O–H groups in total. The Morgan fingerprint density at radius 3 is 2.61 bits per heavy atom. The first-order valence-electron chi connectivity index (χ1n) is 5.98. The van der Waals surface area contributed by atoms with Gasteiger partial charge in [0.2, 0.25) is 5.91 Å². The van der Waals surface area contributed by atoms with Crippen LogP contribution in [0.3, 0.4) is 0 Å². The topological polar surface area (TPSA) is 46.6 Å². The van der Waals surface area contributed by atoms with E-state index in [1.807, 2.05) is 20.8 Å². The molecule has 1 aliphatic heterocycles. The number of hydrogen-bond acceptors (Lipinski definition) is 3. The molecule has 0 unspecified atom stereocenters. The minimum absolute atomic E-state index is 0.0306. The molecule has 1 aromatic rings. The molecule has 2 rings (SSSR count). The standard InChI is InChI=1S/C14H17NO3/c1-5-18-12-7-11-10(6-9(12)8-16)14(2,3)13(17)15(11)4/h6-8H,5H2,1-4H3. The summed E-state index contributed by atoms with van der Waals surface area (Å²) < 4.78 is 5.44. The number of nitrogens with zero attached hydrogens (tertiary/aromatic N) is 1. The third-order valence-corrected chi connectivity index (χ3v) is 3.43. The first kappa shape index (κ1) is 12.6. The van der Waals surface area contributed by atoms with E-state index >= 15 is 0 Å². The number of aldehydes is 1. The van der Waals surface area contributed by atoms with Crippen molar-refractivity contribution < 1.29 is 14.3 Å². The summed E-state index contributed by atoms with van der Waals surface area (Å²) in [6.45, 7) is 6.08. The monoisotopic (exact) mass is 247 g/mol. The number of likely N-dealkylation sites (N-methyl/N-ethyl adjacent to an activating group) is 1. The van der Waals surface area contributed by atoms with Crippen LogP contribution < -0.4 is 9.64 Å². The van der Waals surface area contributed by atoms with Gasteiger partial charge in [-0.1, -0.05) is 0 Å². The molecule has 18 heavy (non-hydrogen) atoms. The van der Waals surface area contributed by atoms with E-state index in [-0.39, 0.29) is 5.91 Å². The molecule has 4 nitrogen and oxygen atoms in total. The molecule has 1 aliphatic rings. The predicted molar refractivity (Wildman–Crippen MR) is 69.4 cm³/mol. The van der Waals surface area contributed by atoms with Gasteiger partial charge < -0.3 is 9.64 Å². The maximum Gasteiger partial charge on any atom is 0.236 e. The van der Waals surface area contributed by atoms with Gasteiger partial charge in [-0.05, 0) is 32.4 Å². The molecule has 0 bridgehead atoms. The lowest BCUT2D eigenvalue weighted by Gasteiger charge is -2.16. The van der Waals surface area contributed by atoms with Crippen LogP contribution in [0.2, 0.25) is 0 Å². The summed E-state index contributed by atoms with van der Waals surface area (Å²) >= 11 is 0. The number of benzene rings is 1. The molecule has 4 heteroatoms. The van der Waals surface area contributed by atoms with Crippen LogP contribution in [0, 0.1) is 0 Å². The maximum absolute atomic E-state index is 12.1. The van der Waals surface area contributed by atoms with Crippen molar-refractivity contribution in [1.29, 1.82) is 0 Å². The molecule has 0 spiro atoms. The fraction of sp³-hybridized carbons (Fsp3) is 0.429. The van der Waals surface area contributed by atoms with Gasteiger partial charge >= 0.3 is 0 Å². The van der Waals surface area contributed by atoms with E-state index in [9.17, 15) is 9.59 Å². The van der Waals surface area contributed by atoms with Gasteiger partial charge in [0.1, 0.15) is 5.75 Å². The summed E-state index contributed by atoms with van der Waals surface area (Å²) in [7, 11) is 1.74. The molecule has 96 valence electrons. The number of carbonyl (C=O) groups is 2. The second-order valence-electron chi connectivity index (χ2n) is 4.95. The van der Waals surface area contributed by atoms with Crippen LogP contribution in [-0.2, 0) is 10.2 Å². The van der Waals surface area contributed by atoms with Gasteiger partial charge in [0.15, 0.2) is 6.29 Å². The van der Waals surface area contributed by atoms with E-state index in [0.717, 1.165) is 17.5 Å².